The van der Waals surface area contributed by atoms with Gasteiger partial charge in [-0.25, -0.2) is 8.42 Å². The minimum Gasteiger partial charge on any atom is -0.223 e. The van der Waals surface area contributed by atoms with Gasteiger partial charge >= 0.3 is 0 Å². The molecule has 3 heteroatoms. The summed E-state index contributed by atoms with van der Waals surface area (Å²) < 4.78 is 24.9. The van der Waals surface area contributed by atoms with Gasteiger partial charge in [0.25, 0.3) is 0 Å². The van der Waals surface area contributed by atoms with Crippen molar-refractivity contribution >= 4 is 9.84 Å². The Hall–Kier alpha value is -1.61. The van der Waals surface area contributed by atoms with E-state index in [9.17, 15) is 8.42 Å². The van der Waals surface area contributed by atoms with Crippen LogP contribution in [0.5, 0.6) is 0 Å². The van der Waals surface area contributed by atoms with Gasteiger partial charge in [-0.2, -0.15) is 0 Å². The molecule has 94 valence electrons. The summed E-state index contributed by atoms with van der Waals surface area (Å²) in [5, 5.41) is -0.526. The molecule has 0 saturated carbocycles. The molecule has 0 fully saturated rings. The van der Waals surface area contributed by atoms with Crippen molar-refractivity contribution in [1.29, 1.82) is 0 Å². The van der Waals surface area contributed by atoms with Gasteiger partial charge in [0.1, 0.15) is 0 Å². The first-order chi connectivity index (χ1) is 8.51. The van der Waals surface area contributed by atoms with E-state index in [0.29, 0.717) is 4.90 Å². The molecule has 0 aliphatic heterocycles. The summed E-state index contributed by atoms with van der Waals surface area (Å²) in [7, 11) is -3.31. The number of sulfone groups is 1. The molecule has 18 heavy (non-hydrogen) atoms. The van der Waals surface area contributed by atoms with Gasteiger partial charge in [0.15, 0.2) is 9.84 Å². The average Bonchev–Trinajstić information content (AvgIpc) is 2.39. The minimum absolute atomic E-state index is 0.379. The van der Waals surface area contributed by atoms with Crippen LogP contribution in [0.15, 0.2) is 59.5 Å². The molecule has 0 N–H and O–H groups in total. The Morgan fingerprint density at radius 1 is 0.889 bits per heavy atom. The monoisotopic (exact) mass is 260 g/mol. The van der Waals surface area contributed by atoms with Crippen LogP contribution in [0.3, 0.4) is 0 Å². The van der Waals surface area contributed by atoms with E-state index in [0.717, 1.165) is 11.1 Å². The first kappa shape index (κ1) is 12.8. The third-order valence-corrected chi connectivity index (χ3v) is 5.22. The van der Waals surface area contributed by atoms with Gasteiger partial charge in [0.05, 0.1) is 10.1 Å². The standard InChI is InChI=1S/C15H16O2S/c1-12-8-10-15(11-9-12)18(16,17)13(2)14-6-4-3-5-7-14/h3-11,13H,1-2H3. The molecule has 0 aliphatic carbocycles. The maximum atomic E-state index is 12.4. The van der Waals surface area contributed by atoms with Crippen LogP contribution < -0.4 is 0 Å². The molecule has 0 amide bonds. The molecule has 0 bridgehead atoms. The fourth-order valence-corrected chi connectivity index (χ4v) is 3.27. The fourth-order valence-electron chi connectivity index (χ4n) is 1.84. The number of hydrogen-bond acceptors (Lipinski definition) is 2. The summed E-state index contributed by atoms with van der Waals surface area (Å²) in [6, 6.07) is 16.3. The van der Waals surface area contributed by atoms with E-state index in [1.807, 2.05) is 49.4 Å². The molecule has 0 heterocycles. The maximum absolute atomic E-state index is 12.4. The second-order valence-corrected chi connectivity index (χ2v) is 6.68. The highest BCUT2D eigenvalue weighted by Gasteiger charge is 2.24. The van der Waals surface area contributed by atoms with Crippen molar-refractivity contribution in [2.45, 2.75) is 24.0 Å². The zero-order chi connectivity index (χ0) is 13.2. The van der Waals surface area contributed by atoms with Crippen molar-refractivity contribution in [2.75, 3.05) is 0 Å². The Balaban J connectivity index is 2.40. The third kappa shape index (κ3) is 2.46. The van der Waals surface area contributed by atoms with Gasteiger partial charge in [0.2, 0.25) is 0 Å². The van der Waals surface area contributed by atoms with Gasteiger partial charge < -0.3 is 0 Å². The molecule has 2 nitrogen and oxygen atoms in total. The van der Waals surface area contributed by atoms with Gasteiger partial charge in [-0.1, -0.05) is 48.0 Å². The van der Waals surface area contributed by atoms with Crippen molar-refractivity contribution in [1.82, 2.24) is 0 Å². The number of rotatable bonds is 3. The van der Waals surface area contributed by atoms with Crippen molar-refractivity contribution in [3.63, 3.8) is 0 Å². The Morgan fingerprint density at radius 3 is 2.00 bits per heavy atom. The van der Waals surface area contributed by atoms with E-state index >= 15 is 0 Å². The lowest BCUT2D eigenvalue weighted by atomic mass is 10.2. The summed E-state index contributed by atoms with van der Waals surface area (Å²) in [4.78, 5) is 0.379. The zero-order valence-corrected chi connectivity index (χ0v) is 11.3. The van der Waals surface area contributed by atoms with E-state index in [1.54, 1.807) is 19.1 Å². The van der Waals surface area contributed by atoms with Crippen LogP contribution in [-0.4, -0.2) is 8.42 Å². The van der Waals surface area contributed by atoms with Crippen LogP contribution in [0.1, 0.15) is 23.3 Å². The van der Waals surface area contributed by atoms with E-state index in [2.05, 4.69) is 0 Å². The Kier molecular flexibility index (Phi) is 3.53. The topological polar surface area (TPSA) is 34.1 Å². The van der Waals surface area contributed by atoms with Crippen LogP contribution in [-0.2, 0) is 9.84 Å². The first-order valence-corrected chi connectivity index (χ1v) is 7.42. The minimum atomic E-state index is -3.31. The average molecular weight is 260 g/mol. The van der Waals surface area contributed by atoms with Crippen molar-refractivity contribution in [3.8, 4) is 0 Å². The van der Waals surface area contributed by atoms with Crippen LogP contribution in [0.4, 0.5) is 0 Å². The second-order valence-electron chi connectivity index (χ2n) is 4.41. The summed E-state index contributed by atoms with van der Waals surface area (Å²) in [5.74, 6) is 0. The van der Waals surface area contributed by atoms with Gasteiger partial charge in [-0.05, 0) is 31.5 Å². The van der Waals surface area contributed by atoms with E-state index < -0.39 is 15.1 Å². The molecule has 1 atom stereocenters. The molecule has 1 unspecified atom stereocenters. The van der Waals surface area contributed by atoms with Gasteiger partial charge in [-0.15, -0.1) is 0 Å². The SMILES string of the molecule is Cc1ccc(S(=O)(=O)C(C)c2ccccc2)cc1. The molecule has 0 aliphatic rings. The van der Waals surface area contributed by atoms with Crippen LogP contribution in [0.25, 0.3) is 0 Å². The number of hydrogen-bond donors (Lipinski definition) is 0. The normalized spacial score (nSPS) is 13.2. The lowest BCUT2D eigenvalue weighted by molar-refractivity contribution is 0.586. The molecule has 2 rings (SSSR count). The molecule has 0 aromatic heterocycles. The van der Waals surface area contributed by atoms with Crippen molar-refractivity contribution < 1.29 is 8.42 Å². The Bertz CT molecular complexity index is 613. The summed E-state index contributed by atoms with van der Waals surface area (Å²) in [5.41, 5.74) is 1.87. The molecular formula is C15H16O2S. The van der Waals surface area contributed by atoms with Gasteiger partial charge in [-0.3, -0.25) is 0 Å². The molecule has 2 aromatic carbocycles. The van der Waals surface area contributed by atoms with Crippen LogP contribution in [0.2, 0.25) is 0 Å². The highest BCUT2D eigenvalue weighted by atomic mass is 32.2. The third-order valence-electron chi connectivity index (χ3n) is 3.08. The van der Waals surface area contributed by atoms with Crippen LogP contribution in [0, 0.1) is 6.92 Å². The van der Waals surface area contributed by atoms with Crippen LogP contribution >= 0.6 is 0 Å². The lowest BCUT2D eigenvalue weighted by Gasteiger charge is -2.13. The molecular weight excluding hydrogens is 244 g/mol. The Morgan fingerprint density at radius 2 is 1.44 bits per heavy atom. The maximum Gasteiger partial charge on any atom is 0.185 e. The van der Waals surface area contributed by atoms with E-state index in [-0.39, 0.29) is 0 Å². The second kappa shape index (κ2) is 4.94. The predicted molar refractivity (Wildman–Crippen MR) is 73.2 cm³/mol. The fraction of sp³-hybridized carbons (Fsp3) is 0.200. The highest BCUT2D eigenvalue weighted by Crippen LogP contribution is 2.28. The highest BCUT2D eigenvalue weighted by molar-refractivity contribution is 7.91. The predicted octanol–water partition coefficient (Wildman–Crippen LogP) is 3.53. The lowest BCUT2D eigenvalue weighted by Crippen LogP contribution is -2.10. The molecule has 0 spiro atoms. The van der Waals surface area contributed by atoms with Crippen molar-refractivity contribution in [3.05, 3.63) is 65.7 Å². The smallest absolute Gasteiger partial charge is 0.185 e. The number of benzene rings is 2. The van der Waals surface area contributed by atoms with Gasteiger partial charge in [0, 0.05) is 0 Å². The largest absolute Gasteiger partial charge is 0.223 e. The van der Waals surface area contributed by atoms with Crippen molar-refractivity contribution in [2.24, 2.45) is 0 Å². The zero-order valence-electron chi connectivity index (χ0n) is 10.5. The number of aryl methyl sites for hydroxylation is 1. The quantitative estimate of drug-likeness (QED) is 0.846. The summed E-state index contributed by atoms with van der Waals surface area (Å²) >= 11 is 0. The molecule has 2 aromatic rings. The Labute approximate surface area is 108 Å². The summed E-state index contributed by atoms with van der Waals surface area (Å²) in [6.45, 7) is 3.67. The molecule has 0 saturated heterocycles. The summed E-state index contributed by atoms with van der Waals surface area (Å²) in [6.07, 6.45) is 0. The van der Waals surface area contributed by atoms with E-state index in [1.165, 1.54) is 0 Å². The molecule has 0 radical (unpaired) electrons. The van der Waals surface area contributed by atoms with E-state index in [4.69, 9.17) is 0 Å². The first-order valence-electron chi connectivity index (χ1n) is 5.87.